The molecule has 0 N–H and O–H groups in total. The highest BCUT2D eigenvalue weighted by atomic mass is 32.2. The third-order valence-electron chi connectivity index (χ3n) is 2.64. The lowest BCUT2D eigenvalue weighted by Crippen LogP contribution is -2.32. The van der Waals surface area contributed by atoms with Crippen LogP contribution < -0.4 is 0 Å². The number of rotatable bonds is 6. The third-order valence-corrected chi connectivity index (χ3v) is 4.25. The molecule has 1 unspecified atom stereocenters. The molecule has 0 radical (unpaired) electrons. The SMILES string of the molecule is CCN(CC(C)C#N)S(=O)(=O)/C=C/c1ccccc1. The summed E-state index contributed by atoms with van der Waals surface area (Å²) in [6, 6.07) is 11.3. The Bertz CT molecular complexity index is 559. The average Bonchev–Trinajstić information content (AvgIpc) is 2.43. The Kier molecular flexibility index (Phi) is 5.74. The normalized spacial score (nSPS) is 13.6. The molecule has 19 heavy (non-hydrogen) atoms. The van der Waals surface area contributed by atoms with Crippen LogP contribution in [0.3, 0.4) is 0 Å². The molecule has 0 saturated carbocycles. The largest absolute Gasteiger partial charge is 0.236 e. The Balaban J connectivity index is 2.85. The zero-order valence-corrected chi connectivity index (χ0v) is 12.0. The van der Waals surface area contributed by atoms with Gasteiger partial charge in [-0.3, -0.25) is 0 Å². The van der Waals surface area contributed by atoms with Gasteiger partial charge in [0.25, 0.3) is 0 Å². The molecule has 0 bridgehead atoms. The van der Waals surface area contributed by atoms with Crippen LogP contribution >= 0.6 is 0 Å². The van der Waals surface area contributed by atoms with Gasteiger partial charge in [0, 0.05) is 18.5 Å². The number of nitriles is 1. The second kappa shape index (κ2) is 7.07. The van der Waals surface area contributed by atoms with E-state index in [1.807, 2.05) is 36.4 Å². The van der Waals surface area contributed by atoms with Crippen LogP contribution in [0.2, 0.25) is 0 Å². The number of hydrogen-bond donors (Lipinski definition) is 0. The number of nitrogens with zero attached hydrogens (tertiary/aromatic N) is 2. The first kappa shape index (κ1) is 15.4. The summed E-state index contributed by atoms with van der Waals surface area (Å²) in [4.78, 5) is 0. The van der Waals surface area contributed by atoms with Crippen molar-refractivity contribution in [1.82, 2.24) is 4.31 Å². The van der Waals surface area contributed by atoms with E-state index in [-0.39, 0.29) is 12.5 Å². The second-order valence-corrected chi connectivity index (χ2v) is 6.06. The van der Waals surface area contributed by atoms with Gasteiger partial charge in [-0.1, -0.05) is 37.3 Å². The number of sulfonamides is 1. The van der Waals surface area contributed by atoms with Gasteiger partial charge in [-0.15, -0.1) is 0 Å². The summed E-state index contributed by atoms with van der Waals surface area (Å²) in [5.74, 6) is -0.320. The molecule has 102 valence electrons. The van der Waals surface area contributed by atoms with Gasteiger partial charge < -0.3 is 0 Å². The predicted octanol–water partition coefficient (Wildman–Crippen LogP) is 2.47. The summed E-state index contributed by atoms with van der Waals surface area (Å²) >= 11 is 0. The first-order valence-electron chi connectivity index (χ1n) is 6.12. The molecular weight excluding hydrogens is 260 g/mol. The molecule has 0 aliphatic heterocycles. The minimum atomic E-state index is -3.47. The third kappa shape index (κ3) is 4.86. The summed E-state index contributed by atoms with van der Waals surface area (Å²) in [6.07, 6.45) is 1.56. The van der Waals surface area contributed by atoms with Gasteiger partial charge in [-0.05, 0) is 18.6 Å². The Morgan fingerprint density at radius 2 is 2.00 bits per heavy atom. The molecule has 1 aromatic rings. The minimum absolute atomic E-state index is 0.217. The monoisotopic (exact) mass is 278 g/mol. The van der Waals surface area contributed by atoms with Crippen LogP contribution in [0.1, 0.15) is 19.4 Å². The molecule has 0 aromatic heterocycles. The standard InChI is InChI=1S/C14H18N2O2S/c1-3-16(12-13(2)11-15)19(17,18)10-9-14-7-5-4-6-8-14/h4-10,13H,3,12H2,1-2H3/b10-9+. The van der Waals surface area contributed by atoms with Gasteiger partial charge in [-0.2, -0.15) is 9.57 Å². The van der Waals surface area contributed by atoms with Gasteiger partial charge in [-0.25, -0.2) is 8.42 Å². The van der Waals surface area contributed by atoms with Gasteiger partial charge >= 0.3 is 0 Å². The maximum absolute atomic E-state index is 12.1. The smallest absolute Gasteiger partial charge is 0.208 e. The lowest BCUT2D eigenvalue weighted by molar-refractivity contribution is 0.405. The quantitative estimate of drug-likeness (QED) is 0.803. The average molecular weight is 278 g/mol. The van der Waals surface area contributed by atoms with Crippen LogP contribution in [0.15, 0.2) is 35.7 Å². The minimum Gasteiger partial charge on any atom is -0.208 e. The molecule has 1 rings (SSSR count). The molecular formula is C14H18N2O2S. The zero-order chi connectivity index (χ0) is 14.3. The molecule has 0 spiro atoms. The second-order valence-electron chi connectivity index (χ2n) is 4.24. The molecule has 0 aliphatic carbocycles. The molecule has 4 nitrogen and oxygen atoms in total. The molecule has 0 aliphatic rings. The summed E-state index contributed by atoms with van der Waals surface area (Å²) in [7, 11) is -3.47. The molecule has 1 aromatic carbocycles. The van der Waals surface area contributed by atoms with E-state index in [0.717, 1.165) is 5.56 Å². The van der Waals surface area contributed by atoms with Gasteiger partial charge in [0.05, 0.1) is 12.0 Å². The van der Waals surface area contributed by atoms with E-state index in [1.54, 1.807) is 19.9 Å². The Morgan fingerprint density at radius 3 is 2.53 bits per heavy atom. The molecule has 0 saturated heterocycles. The molecule has 1 atom stereocenters. The highest BCUT2D eigenvalue weighted by molar-refractivity contribution is 7.92. The van der Waals surface area contributed by atoms with E-state index < -0.39 is 10.0 Å². The summed E-state index contributed by atoms with van der Waals surface area (Å²) in [5, 5.41) is 9.95. The molecule has 5 heteroatoms. The fourth-order valence-electron chi connectivity index (χ4n) is 1.57. The van der Waals surface area contributed by atoms with Crippen molar-refractivity contribution in [2.75, 3.05) is 13.1 Å². The van der Waals surface area contributed by atoms with Crippen molar-refractivity contribution in [1.29, 1.82) is 5.26 Å². The van der Waals surface area contributed by atoms with Crippen molar-refractivity contribution in [3.8, 4) is 6.07 Å². The van der Waals surface area contributed by atoms with E-state index in [4.69, 9.17) is 5.26 Å². The van der Waals surface area contributed by atoms with E-state index in [0.29, 0.717) is 6.54 Å². The highest BCUT2D eigenvalue weighted by Gasteiger charge is 2.19. The Morgan fingerprint density at radius 1 is 1.37 bits per heavy atom. The van der Waals surface area contributed by atoms with Gasteiger partial charge in [0.2, 0.25) is 10.0 Å². The highest BCUT2D eigenvalue weighted by Crippen LogP contribution is 2.10. The van der Waals surface area contributed by atoms with Crippen molar-refractivity contribution >= 4 is 16.1 Å². The number of benzene rings is 1. The lowest BCUT2D eigenvalue weighted by atomic mass is 10.2. The van der Waals surface area contributed by atoms with Crippen molar-refractivity contribution < 1.29 is 8.42 Å². The van der Waals surface area contributed by atoms with Crippen LogP contribution in [0.5, 0.6) is 0 Å². The van der Waals surface area contributed by atoms with Crippen molar-refractivity contribution in [3.05, 3.63) is 41.3 Å². The summed E-state index contributed by atoms with van der Waals surface area (Å²) < 4.78 is 25.5. The van der Waals surface area contributed by atoms with E-state index >= 15 is 0 Å². The Hall–Kier alpha value is -1.64. The van der Waals surface area contributed by atoms with Crippen LogP contribution in [0.25, 0.3) is 6.08 Å². The maximum Gasteiger partial charge on any atom is 0.236 e. The molecule has 0 amide bonds. The summed E-state index contributed by atoms with van der Waals surface area (Å²) in [6.45, 7) is 4.04. The fraction of sp³-hybridized carbons (Fsp3) is 0.357. The van der Waals surface area contributed by atoms with Crippen molar-refractivity contribution in [2.24, 2.45) is 5.92 Å². The molecule has 0 fully saturated rings. The van der Waals surface area contributed by atoms with Crippen molar-refractivity contribution in [3.63, 3.8) is 0 Å². The predicted molar refractivity (Wildman–Crippen MR) is 76.4 cm³/mol. The Labute approximate surface area is 115 Å². The summed E-state index contributed by atoms with van der Waals surface area (Å²) in [5.41, 5.74) is 0.829. The molecule has 0 heterocycles. The maximum atomic E-state index is 12.1. The van der Waals surface area contributed by atoms with Gasteiger partial charge in [0.15, 0.2) is 0 Å². The van der Waals surface area contributed by atoms with Crippen LogP contribution in [-0.4, -0.2) is 25.8 Å². The van der Waals surface area contributed by atoms with Crippen LogP contribution in [-0.2, 0) is 10.0 Å². The van der Waals surface area contributed by atoms with E-state index in [1.165, 1.54) is 9.71 Å². The lowest BCUT2D eigenvalue weighted by Gasteiger charge is -2.19. The first-order chi connectivity index (χ1) is 8.99. The first-order valence-corrected chi connectivity index (χ1v) is 7.62. The topological polar surface area (TPSA) is 61.2 Å². The van der Waals surface area contributed by atoms with E-state index in [9.17, 15) is 8.42 Å². The van der Waals surface area contributed by atoms with Crippen LogP contribution in [0.4, 0.5) is 0 Å². The van der Waals surface area contributed by atoms with Gasteiger partial charge in [0.1, 0.15) is 0 Å². The van der Waals surface area contributed by atoms with Crippen LogP contribution in [0, 0.1) is 17.2 Å². The fourth-order valence-corrected chi connectivity index (χ4v) is 2.87. The van der Waals surface area contributed by atoms with Crippen molar-refractivity contribution in [2.45, 2.75) is 13.8 Å². The number of hydrogen-bond acceptors (Lipinski definition) is 3. The zero-order valence-electron chi connectivity index (χ0n) is 11.2. The van der Waals surface area contributed by atoms with E-state index in [2.05, 4.69) is 0 Å².